The third kappa shape index (κ3) is 67.9. The van der Waals surface area contributed by atoms with Gasteiger partial charge in [0.05, 0.1) is 26.4 Å². The second kappa shape index (κ2) is 66.3. The van der Waals surface area contributed by atoms with Crippen LogP contribution in [0.4, 0.5) is 0 Å². The van der Waals surface area contributed by atoms with Crippen molar-refractivity contribution in [2.24, 2.45) is 23.7 Å². The van der Waals surface area contributed by atoms with Crippen LogP contribution in [0, 0.1) is 23.7 Å². The summed E-state index contributed by atoms with van der Waals surface area (Å²) < 4.78 is 68.5. The first-order chi connectivity index (χ1) is 46.2. The predicted octanol–water partition coefficient (Wildman–Crippen LogP) is 22.4. The molecular formula is C77H150O17P2. The summed E-state index contributed by atoms with van der Waals surface area (Å²) >= 11 is 0. The molecule has 19 heteroatoms. The summed E-state index contributed by atoms with van der Waals surface area (Å²) in [5, 5.41) is 10.6. The Morgan fingerprint density at radius 3 is 0.740 bits per heavy atom. The average molecular weight is 1410 g/mol. The van der Waals surface area contributed by atoms with E-state index < -0.39 is 97.5 Å². The standard InChI is InChI=1S/C77H150O17P2/c1-9-69(7)55-47-39-31-25-21-17-14-15-18-22-26-32-41-49-57-74(79)87-63-72(93-76(81)59-51-43-33-27-23-19-13-11-12-16-20-24-29-37-45-53-67(3)4)65-91-95(83,84)89-61-71(78)62-90-96(85,86)92-66-73(94-77(82)60-52-44-34-28-30-38-46-54-68(5)6)64-88-75(80)58-50-42-36-35-40-48-56-70(8)10-2/h67-73,78H,9-66H2,1-8H3,(H,83,84)(H,85,86)/t69?,70?,71-,72-,73-/m1/s1. The van der Waals surface area contributed by atoms with Crippen LogP contribution in [0.5, 0.6) is 0 Å². The number of carbonyl (C=O) groups excluding carboxylic acids is 4. The van der Waals surface area contributed by atoms with Crippen molar-refractivity contribution in [1.29, 1.82) is 0 Å². The third-order valence-electron chi connectivity index (χ3n) is 18.5. The number of hydrogen-bond donors (Lipinski definition) is 3. The van der Waals surface area contributed by atoms with Gasteiger partial charge >= 0.3 is 39.5 Å². The molecule has 0 aliphatic heterocycles. The smallest absolute Gasteiger partial charge is 0.462 e. The van der Waals surface area contributed by atoms with Gasteiger partial charge in [0.15, 0.2) is 12.2 Å². The Bertz CT molecular complexity index is 1890. The number of hydrogen-bond acceptors (Lipinski definition) is 15. The molecule has 17 nitrogen and oxygen atoms in total. The van der Waals surface area contributed by atoms with Crippen molar-refractivity contribution in [2.75, 3.05) is 39.6 Å². The number of unbranched alkanes of at least 4 members (excludes halogenated alkanes) is 38. The van der Waals surface area contributed by atoms with Gasteiger partial charge in [0.25, 0.3) is 0 Å². The lowest BCUT2D eigenvalue weighted by Gasteiger charge is -2.21. The SMILES string of the molecule is CCC(C)CCCCCCCCCCCCCCCCC(=O)OC[C@H](COP(=O)(O)OC[C@@H](O)COP(=O)(O)OC[C@@H](COC(=O)CCCCCCCCC(C)CC)OC(=O)CCCCCCCCCC(C)C)OC(=O)CCCCCCCCCCCCCCCCCC(C)C. The fraction of sp³-hybridized carbons (Fsp3) is 0.948. The molecule has 4 unspecified atom stereocenters. The van der Waals surface area contributed by atoms with E-state index in [9.17, 15) is 43.2 Å². The molecule has 0 bridgehead atoms. The Morgan fingerprint density at radius 2 is 0.500 bits per heavy atom. The molecule has 0 aliphatic carbocycles. The Kier molecular flexibility index (Phi) is 65.0. The van der Waals surface area contributed by atoms with Gasteiger partial charge in [-0.3, -0.25) is 37.3 Å². The maximum atomic E-state index is 13.1. The molecule has 0 aliphatic rings. The first-order valence-electron chi connectivity index (χ1n) is 39.8. The summed E-state index contributed by atoms with van der Waals surface area (Å²) in [6.45, 7) is 14.2. The zero-order chi connectivity index (χ0) is 71.0. The molecule has 0 aromatic heterocycles. The molecule has 0 saturated heterocycles. The highest BCUT2D eigenvalue weighted by molar-refractivity contribution is 7.47. The highest BCUT2D eigenvalue weighted by Gasteiger charge is 2.30. The second-order valence-electron chi connectivity index (χ2n) is 29.2. The Labute approximate surface area is 588 Å². The van der Waals surface area contributed by atoms with Crippen molar-refractivity contribution in [3.63, 3.8) is 0 Å². The van der Waals surface area contributed by atoms with Gasteiger partial charge in [-0.15, -0.1) is 0 Å². The molecule has 0 aromatic carbocycles. The van der Waals surface area contributed by atoms with Crippen LogP contribution in [0.3, 0.4) is 0 Å². The van der Waals surface area contributed by atoms with E-state index in [-0.39, 0.29) is 25.7 Å². The molecule has 0 rings (SSSR count). The van der Waals surface area contributed by atoms with E-state index in [1.165, 1.54) is 186 Å². The molecule has 0 radical (unpaired) electrons. The molecule has 570 valence electrons. The minimum Gasteiger partial charge on any atom is -0.462 e. The molecule has 0 aromatic rings. The number of carbonyl (C=O) groups is 4. The summed E-state index contributed by atoms with van der Waals surface area (Å²) in [5.74, 6) is 0.956. The van der Waals surface area contributed by atoms with E-state index in [4.69, 9.17) is 37.0 Å². The minimum absolute atomic E-state index is 0.102. The van der Waals surface area contributed by atoms with Crippen molar-refractivity contribution >= 4 is 39.5 Å². The average Bonchev–Trinajstić information content (AvgIpc) is 1.59. The van der Waals surface area contributed by atoms with Gasteiger partial charge in [-0.1, -0.05) is 338 Å². The zero-order valence-corrected chi connectivity index (χ0v) is 64.8. The molecular weight excluding hydrogens is 1260 g/mol. The number of phosphoric acid groups is 2. The lowest BCUT2D eigenvalue weighted by atomic mass is 9.99. The van der Waals surface area contributed by atoms with Crippen LogP contribution in [0.1, 0.15) is 389 Å². The summed E-state index contributed by atoms with van der Waals surface area (Å²) in [6.07, 6.45) is 51.5. The summed E-state index contributed by atoms with van der Waals surface area (Å²) in [5.41, 5.74) is 0. The molecule has 0 heterocycles. The molecule has 0 amide bonds. The van der Waals surface area contributed by atoms with Gasteiger partial charge in [-0.25, -0.2) is 9.13 Å². The van der Waals surface area contributed by atoms with Gasteiger partial charge in [0, 0.05) is 25.7 Å². The highest BCUT2D eigenvalue weighted by Crippen LogP contribution is 2.45. The third-order valence-corrected chi connectivity index (χ3v) is 20.4. The first-order valence-corrected chi connectivity index (χ1v) is 42.8. The fourth-order valence-electron chi connectivity index (χ4n) is 11.7. The normalized spacial score (nSPS) is 14.7. The van der Waals surface area contributed by atoms with Gasteiger partial charge in [-0.05, 0) is 49.4 Å². The highest BCUT2D eigenvalue weighted by atomic mass is 31.2. The van der Waals surface area contributed by atoms with Gasteiger partial charge in [-0.2, -0.15) is 0 Å². The van der Waals surface area contributed by atoms with E-state index in [0.29, 0.717) is 31.6 Å². The number of ether oxygens (including phenoxy) is 4. The monoisotopic (exact) mass is 1410 g/mol. The molecule has 96 heavy (non-hydrogen) atoms. The van der Waals surface area contributed by atoms with Crippen molar-refractivity contribution in [3.05, 3.63) is 0 Å². The van der Waals surface area contributed by atoms with E-state index in [0.717, 1.165) is 114 Å². The molecule has 0 spiro atoms. The predicted molar refractivity (Wildman–Crippen MR) is 391 cm³/mol. The van der Waals surface area contributed by atoms with Gasteiger partial charge in [0.2, 0.25) is 0 Å². The van der Waals surface area contributed by atoms with Crippen molar-refractivity contribution in [3.8, 4) is 0 Å². The van der Waals surface area contributed by atoms with Gasteiger partial charge < -0.3 is 33.8 Å². The second-order valence-corrected chi connectivity index (χ2v) is 32.1. The van der Waals surface area contributed by atoms with Crippen LogP contribution >= 0.6 is 15.6 Å². The fourth-order valence-corrected chi connectivity index (χ4v) is 13.2. The maximum absolute atomic E-state index is 13.1. The zero-order valence-electron chi connectivity index (χ0n) is 63.0. The number of rotatable bonds is 74. The van der Waals surface area contributed by atoms with Crippen LogP contribution in [-0.4, -0.2) is 96.7 Å². The van der Waals surface area contributed by atoms with E-state index in [1.54, 1.807) is 0 Å². The summed E-state index contributed by atoms with van der Waals surface area (Å²) in [7, 11) is -9.91. The van der Waals surface area contributed by atoms with Crippen molar-refractivity contribution in [1.82, 2.24) is 0 Å². The Morgan fingerprint density at radius 1 is 0.292 bits per heavy atom. The van der Waals surface area contributed by atoms with Crippen LogP contribution in [-0.2, 0) is 65.4 Å². The van der Waals surface area contributed by atoms with Crippen LogP contribution in [0.2, 0.25) is 0 Å². The lowest BCUT2D eigenvalue weighted by Crippen LogP contribution is -2.30. The van der Waals surface area contributed by atoms with E-state index in [2.05, 4.69) is 55.4 Å². The molecule has 0 saturated carbocycles. The molecule has 0 fully saturated rings. The van der Waals surface area contributed by atoms with Crippen LogP contribution in [0.15, 0.2) is 0 Å². The Hall–Kier alpha value is -1.94. The van der Waals surface area contributed by atoms with Crippen molar-refractivity contribution in [2.45, 2.75) is 408 Å². The Balaban J connectivity index is 5.23. The number of aliphatic hydroxyl groups is 1. The van der Waals surface area contributed by atoms with E-state index >= 15 is 0 Å². The van der Waals surface area contributed by atoms with Crippen LogP contribution in [0.25, 0.3) is 0 Å². The quantitative estimate of drug-likeness (QED) is 0.0222. The molecule has 3 N–H and O–H groups in total. The van der Waals surface area contributed by atoms with Crippen molar-refractivity contribution < 1.29 is 80.2 Å². The first kappa shape index (κ1) is 94.1. The number of phosphoric ester groups is 2. The maximum Gasteiger partial charge on any atom is 0.472 e. The minimum atomic E-state index is -4.96. The molecule has 7 atom stereocenters. The van der Waals surface area contributed by atoms with Crippen LogP contribution < -0.4 is 0 Å². The largest absolute Gasteiger partial charge is 0.472 e. The number of esters is 4. The summed E-state index contributed by atoms with van der Waals surface area (Å²) in [4.78, 5) is 72.8. The lowest BCUT2D eigenvalue weighted by molar-refractivity contribution is -0.161. The van der Waals surface area contributed by atoms with Gasteiger partial charge in [0.1, 0.15) is 19.3 Å². The number of aliphatic hydroxyl groups excluding tert-OH is 1. The topological polar surface area (TPSA) is 237 Å². The van der Waals surface area contributed by atoms with E-state index in [1.807, 2.05) is 0 Å². The summed E-state index contributed by atoms with van der Waals surface area (Å²) in [6, 6.07) is 0.